The zero-order chi connectivity index (χ0) is 15.7. The van der Waals surface area contributed by atoms with Gasteiger partial charge in [-0.1, -0.05) is 6.07 Å². The Labute approximate surface area is 134 Å². The minimum atomic E-state index is -0.396. The molecular formula is C13H12ClN3O4S. The molecule has 0 radical (unpaired) electrons. The normalized spacial score (nSPS) is 16.5. The molecule has 0 aliphatic carbocycles. The lowest BCUT2D eigenvalue weighted by atomic mass is 9.95. The van der Waals surface area contributed by atoms with Crippen LogP contribution in [0.5, 0.6) is 0 Å². The summed E-state index contributed by atoms with van der Waals surface area (Å²) >= 11 is 6.89. The molecule has 1 heterocycles. The molecule has 3 N–H and O–H groups in total. The molecular weight excluding hydrogens is 330 g/mol. The minimum absolute atomic E-state index is 0.0348. The molecule has 0 amide bonds. The lowest BCUT2D eigenvalue weighted by Crippen LogP contribution is -2.03. The standard InChI is InChI=1S/C13H12ClN3O4S/c14-5-7-6-16-11-4-12(17(18)19)10-3-8(22-21-20-15)1-2-9(10)13(7)11/h1-4,7,16H,5-6,15H2. The van der Waals surface area contributed by atoms with Gasteiger partial charge in [-0.05, 0) is 23.1 Å². The van der Waals surface area contributed by atoms with Crippen molar-refractivity contribution in [3.05, 3.63) is 39.9 Å². The highest BCUT2D eigenvalue weighted by Gasteiger charge is 2.28. The van der Waals surface area contributed by atoms with Crippen LogP contribution in [-0.4, -0.2) is 17.3 Å². The third kappa shape index (κ3) is 2.59. The number of nitro groups is 1. The fraction of sp³-hybridized carbons (Fsp3) is 0.231. The minimum Gasteiger partial charge on any atom is -0.384 e. The molecule has 1 unspecified atom stereocenters. The van der Waals surface area contributed by atoms with Crippen LogP contribution in [-0.2, 0) is 9.32 Å². The lowest BCUT2D eigenvalue weighted by Gasteiger charge is -2.11. The van der Waals surface area contributed by atoms with Crippen LogP contribution in [0, 0.1) is 10.1 Å². The molecule has 7 nitrogen and oxygen atoms in total. The van der Waals surface area contributed by atoms with Crippen LogP contribution in [0.1, 0.15) is 11.5 Å². The smallest absolute Gasteiger partial charge is 0.279 e. The fourth-order valence-corrected chi connectivity index (χ4v) is 3.39. The Morgan fingerprint density at radius 2 is 2.27 bits per heavy atom. The van der Waals surface area contributed by atoms with Gasteiger partial charge in [0.2, 0.25) is 0 Å². The van der Waals surface area contributed by atoms with E-state index in [-0.39, 0.29) is 11.6 Å². The van der Waals surface area contributed by atoms with Crippen molar-refractivity contribution in [3.63, 3.8) is 0 Å². The number of nitro benzene ring substituents is 1. The molecule has 0 saturated heterocycles. The maximum atomic E-state index is 11.4. The van der Waals surface area contributed by atoms with Crippen LogP contribution in [0.15, 0.2) is 29.2 Å². The second kappa shape index (κ2) is 6.27. The molecule has 1 atom stereocenters. The first-order chi connectivity index (χ1) is 10.7. The quantitative estimate of drug-likeness (QED) is 0.283. The summed E-state index contributed by atoms with van der Waals surface area (Å²) in [4.78, 5) is 15.7. The summed E-state index contributed by atoms with van der Waals surface area (Å²) in [6.07, 6.45) is 0. The molecule has 0 saturated carbocycles. The van der Waals surface area contributed by atoms with E-state index >= 15 is 0 Å². The Balaban J connectivity index is 2.21. The van der Waals surface area contributed by atoms with Gasteiger partial charge < -0.3 is 5.32 Å². The van der Waals surface area contributed by atoms with Crippen LogP contribution in [0.2, 0.25) is 0 Å². The van der Waals surface area contributed by atoms with Gasteiger partial charge in [0.1, 0.15) is 0 Å². The molecule has 0 bridgehead atoms. The van der Waals surface area contributed by atoms with Crippen molar-refractivity contribution in [2.45, 2.75) is 10.8 Å². The van der Waals surface area contributed by atoms with Crippen LogP contribution >= 0.6 is 23.6 Å². The maximum absolute atomic E-state index is 11.4. The number of halogens is 1. The first-order valence-corrected chi connectivity index (χ1v) is 7.68. The van der Waals surface area contributed by atoms with E-state index in [2.05, 4.69) is 14.6 Å². The van der Waals surface area contributed by atoms with Crippen molar-refractivity contribution < 1.29 is 14.2 Å². The van der Waals surface area contributed by atoms with Gasteiger partial charge in [0, 0.05) is 35.0 Å². The Morgan fingerprint density at radius 1 is 1.45 bits per heavy atom. The summed E-state index contributed by atoms with van der Waals surface area (Å²) in [5.41, 5.74) is 1.82. The molecule has 1 aliphatic rings. The largest absolute Gasteiger partial charge is 0.384 e. The second-order valence-corrected chi connectivity index (χ2v) is 5.88. The molecule has 22 heavy (non-hydrogen) atoms. The topological polar surface area (TPSA) is 99.7 Å². The molecule has 2 aromatic carbocycles. The van der Waals surface area contributed by atoms with Gasteiger partial charge in [-0.25, -0.2) is 0 Å². The number of nitrogens with one attached hydrogen (secondary N) is 1. The summed E-state index contributed by atoms with van der Waals surface area (Å²) in [6.45, 7) is 0.676. The zero-order valence-corrected chi connectivity index (χ0v) is 12.8. The Bertz CT molecular complexity index is 743. The third-order valence-electron chi connectivity index (χ3n) is 3.63. The molecule has 9 heteroatoms. The molecule has 0 fully saturated rings. The van der Waals surface area contributed by atoms with E-state index in [4.69, 9.17) is 17.5 Å². The van der Waals surface area contributed by atoms with Gasteiger partial charge >= 0.3 is 0 Å². The first-order valence-electron chi connectivity index (χ1n) is 6.40. The molecule has 3 rings (SSSR count). The van der Waals surface area contributed by atoms with Crippen LogP contribution in [0.3, 0.4) is 0 Å². The van der Waals surface area contributed by atoms with Crippen molar-refractivity contribution >= 4 is 45.8 Å². The van der Waals surface area contributed by atoms with Gasteiger partial charge in [-0.3, -0.25) is 10.1 Å². The first kappa shape index (κ1) is 15.3. The summed E-state index contributed by atoms with van der Waals surface area (Å²) in [7, 11) is 0. The van der Waals surface area contributed by atoms with E-state index < -0.39 is 4.92 Å². The summed E-state index contributed by atoms with van der Waals surface area (Å²) in [6, 6.07) is 6.86. The highest BCUT2D eigenvalue weighted by molar-refractivity contribution is 7.94. The van der Waals surface area contributed by atoms with E-state index in [9.17, 15) is 10.1 Å². The van der Waals surface area contributed by atoms with E-state index in [1.807, 2.05) is 6.07 Å². The monoisotopic (exact) mass is 341 g/mol. The molecule has 116 valence electrons. The average Bonchev–Trinajstić information content (AvgIpc) is 2.94. The van der Waals surface area contributed by atoms with E-state index in [0.717, 1.165) is 28.7 Å². The Kier molecular flexibility index (Phi) is 4.37. The number of benzene rings is 2. The summed E-state index contributed by atoms with van der Waals surface area (Å²) in [5.74, 6) is 5.38. The molecule has 0 spiro atoms. The number of rotatable bonds is 5. The SMILES string of the molecule is NOOSc1ccc2c3c(cc([N+](=O)[O-])c2c1)NCC3CCl. The Morgan fingerprint density at radius 3 is 2.95 bits per heavy atom. The number of alkyl halides is 1. The van der Waals surface area contributed by atoms with E-state index in [0.29, 0.717) is 22.7 Å². The van der Waals surface area contributed by atoms with Gasteiger partial charge in [-0.15, -0.1) is 20.9 Å². The van der Waals surface area contributed by atoms with Gasteiger partial charge in [0.15, 0.2) is 0 Å². The predicted molar refractivity (Wildman–Crippen MR) is 84.8 cm³/mol. The average molecular weight is 342 g/mol. The van der Waals surface area contributed by atoms with E-state index in [1.54, 1.807) is 18.2 Å². The fourth-order valence-electron chi connectivity index (χ4n) is 2.72. The van der Waals surface area contributed by atoms with Crippen LogP contribution in [0.25, 0.3) is 10.8 Å². The van der Waals surface area contributed by atoms with Gasteiger partial charge in [0.25, 0.3) is 5.69 Å². The third-order valence-corrected chi connectivity index (χ3v) is 4.59. The van der Waals surface area contributed by atoms with Crippen LogP contribution < -0.4 is 11.2 Å². The van der Waals surface area contributed by atoms with E-state index in [1.165, 1.54) is 0 Å². The maximum Gasteiger partial charge on any atom is 0.279 e. The number of hydrogen-bond acceptors (Lipinski definition) is 7. The van der Waals surface area contributed by atoms with Gasteiger partial charge in [0.05, 0.1) is 22.4 Å². The highest BCUT2D eigenvalue weighted by Crippen LogP contribution is 2.43. The molecule has 2 aromatic rings. The number of fused-ring (bicyclic) bond motifs is 3. The number of hydrogen-bond donors (Lipinski definition) is 2. The summed E-state index contributed by atoms with van der Waals surface area (Å²) in [5, 5.41) is 15.9. The number of nitrogens with two attached hydrogens (primary N) is 1. The van der Waals surface area contributed by atoms with Crippen molar-refractivity contribution in [1.29, 1.82) is 0 Å². The zero-order valence-electron chi connectivity index (χ0n) is 11.2. The highest BCUT2D eigenvalue weighted by atomic mass is 35.5. The summed E-state index contributed by atoms with van der Waals surface area (Å²) < 4.78 is 4.59. The van der Waals surface area contributed by atoms with Crippen molar-refractivity contribution in [2.24, 2.45) is 5.90 Å². The number of anilines is 1. The molecule has 0 aromatic heterocycles. The Hall–Kier alpha value is -1.58. The van der Waals surface area contributed by atoms with Crippen molar-refractivity contribution in [1.82, 2.24) is 0 Å². The van der Waals surface area contributed by atoms with Crippen molar-refractivity contribution in [3.8, 4) is 0 Å². The molecule has 1 aliphatic heterocycles. The number of nitrogens with zero attached hydrogens (tertiary/aromatic N) is 1. The van der Waals surface area contributed by atoms with Gasteiger partial charge in [-0.2, -0.15) is 5.90 Å². The number of non-ortho nitro benzene ring substituents is 1. The van der Waals surface area contributed by atoms with Crippen molar-refractivity contribution in [2.75, 3.05) is 17.7 Å². The van der Waals surface area contributed by atoms with Crippen LogP contribution in [0.4, 0.5) is 11.4 Å². The lowest BCUT2D eigenvalue weighted by molar-refractivity contribution is -0.383. The second-order valence-electron chi connectivity index (χ2n) is 4.80. The predicted octanol–water partition coefficient (Wildman–Crippen LogP) is 3.32.